The average molecular weight is 947 g/mol. The molecule has 0 unspecified atom stereocenters. The van der Waals surface area contributed by atoms with Crippen LogP contribution in [0.25, 0.3) is 77.9 Å². The molecule has 0 amide bonds. The van der Waals surface area contributed by atoms with E-state index in [0.717, 1.165) is 25.7 Å². The van der Waals surface area contributed by atoms with Crippen LogP contribution in [0.4, 0.5) is 0 Å². The molecule has 4 N–H and O–H groups in total. The van der Waals surface area contributed by atoms with Crippen molar-refractivity contribution in [1.29, 1.82) is 0 Å². The number of aliphatic hydroxyl groups excluding tert-OH is 4. The molecule has 72 heavy (non-hydrogen) atoms. The molecule has 12 rings (SSSR count). The van der Waals surface area contributed by atoms with Crippen molar-refractivity contribution in [2.24, 2.45) is 0 Å². The van der Waals surface area contributed by atoms with Gasteiger partial charge >= 0.3 is 0 Å². The van der Waals surface area contributed by atoms with Crippen LogP contribution in [-0.4, -0.2) is 46.9 Å². The van der Waals surface area contributed by atoms with E-state index in [1.807, 2.05) is 0 Å². The van der Waals surface area contributed by atoms with Gasteiger partial charge in [-0.15, -0.1) is 0 Å². The summed E-state index contributed by atoms with van der Waals surface area (Å²) in [4.78, 5) is 0. The first-order valence-electron chi connectivity index (χ1n) is 26.5. The Morgan fingerprint density at radius 1 is 0.264 bits per heavy atom. The summed E-state index contributed by atoms with van der Waals surface area (Å²) >= 11 is 0. The van der Waals surface area contributed by atoms with Gasteiger partial charge in [0.1, 0.15) is 0 Å². The summed E-state index contributed by atoms with van der Waals surface area (Å²) in [5.74, 6) is 0. The fraction of sp³-hybridized carbons (Fsp3) is 0.294. The van der Waals surface area contributed by atoms with E-state index in [0.29, 0.717) is 25.7 Å². The first-order chi connectivity index (χ1) is 35.0. The van der Waals surface area contributed by atoms with Crippen LogP contribution >= 0.6 is 0 Å². The van der Waals surface area contributed by atoms with Gasteiger partial charge in [-0.05, 0) is 210 Å². The molecule has 0 saturated heterocycles. The van der Waals surface area contributed by atoms with Crippen molar-refractivity contribution in [2.75, 3.05) is 26.4 Å². The summed E-state index contributed by atoms with van der Waals surface area (Å²) in [5.41, 5.74) is 27.3. The highest BCUT2D eigenvalue weighted by Crippen LogP contribution is 2.58. The van der Waals surface area contributed by atoms with E-state index in [1.165, 1.54) is 122 Å². The number of aliphatic hydroxyl groups is 4. The van der Waals surface area contributed by atoms with Crippen molar-refractivity contribution >= 4 is 0 Å². The van der Waals surface area contributed by atoms with Crippen LogP contribution in [0.3, 0.4) is 0 Å². The van der Waals surface area contributed by atoms with Crippen LogP contribution in [0.1, 0.15) is 124 Å². The molecule has 4 nitrogen and oxygen atoms in total. The van der Waals surface area contributed by atoms with Crippen LogP contribution in [0.15, 0.2) is 158 Å². The van der Waals surface area contributed by atoms with Gasteiger partial charge in [0, 0.05) is 48.1 Å². The quantitative estimate of drug-likeness (QED) is 0.0825. The van der Waals surface area contributed by atoms with Gasteiger partial charge in [0.2, 0.25) is 0 Å². The molecule has 4 heteroatoms. The fourth-order valence-corrected chi connectivity index (χ4v) is 14.3. The molecule has 0 aromatic heterocycles. The Morgan fingerprint density at radius 3 is 0.750 bits per heavy atom. The zero-order valence-electron chi connectivity index (χ0n) is 42.3. The second kappa shape index (κ2) is 17.7. The molecule has 4 aliphatic rings. The monoisotopic (exact) mass is 946 g/mol. The predicted molar refractivity (Wildman–Crippen MR) is 296 cm³/mol. The molecule has 0 heterocycles. The van der Waals surface area contributed by atoms with E-state index in [-0.39, 0.29) is 48.1 Å². The molecule has 0 aliphatic heterocycles. The summed E-state index contributed by atoms with van der Waals surface area (Å²) in [6.45, 7) is 10.1. The van der Waals surface area contributed by atoms with Crippen molar-refractivity contribution < 1.29 is 20.4 Å². The summed E-state index contributed by atoms with van der Waals surface area (Å²) in [6, 6.07) is 59.8. The second-order valence-electron chi connectivity index (χ2n) is 22.4. The minimum atomic E-state index is -0.247. The first-order valence-corrected chi connectivity index (χ1v) is 26.5. The maximum Gasteiger partial charge on any atom is 0.0431 e. The number of benzene rings is 8. The molecule has 8 aromatic rings. The van der Waals surface area contributed by atoms with Crippen molar-refractivity contribution in [3.63, 3.8) is 0 Å². The molecule has 8 aromatic carbocycles. The molecule has 0 atom stereocenters. The summed E-state index contributed by atoms with van der Waals surface area (Å²) < 4.78 is 0. The lowest BCUT2D eigenvalue weighted by molar-refractivity contribution is 0.247. The van der Waals surface area contributed by atoms with Crippen LogP contribution in [0.5, 0.6) is 0 Å². The third-order valence-electron chi connectivity index (χ3n) is 17.9. The first kappa shape index (κ1) is 46.7. The Morgan fingerprint density at radius 2 is 0.486 bits per heavy atom. The van der Waals surface area contributed by atoms with E-state index in [1.54, 1.807) is 0 Å². The highest BCUT2D eigenvalue weighted by Gasteiger charge is 2.45. The predicted octanol–water partition coefficient (Wildman–Crippen LogP) is 14.9. The summed E-state index contributed by atoms with van der Waals surface area (Å²) in [5, 5.41) is 40.2. The Bertz CT molecular complexity index is 3200. The number of fused-ring (bicyclic) bond motifs is 12. The van der Waals surface area contributed by atoms with Gasteiger partial charge < -0.3 is 20.4 Å². The molecular formula is C68H66O4. The van der Waals surface area contributed by atoms with Crippen molar-refractivity contribution in [1.82, 2.24) is 0 Å². The van der Waals surface area contributed by atoms with Gasteiger partial charge in [0.05, 0.1) is 0 Å². The minimum Gasteiger partial charge on any atom is -0.396 e. The van der Waals surface area contributed by atoms with E-state index in [9.17, 15) is 20.4 Å². The van der Waals surface area contributed by atoms with Crippen LogP contribution in [0.2, 0.25) is 0 Å². The minimum absolute atomic E-state index is 0.149. The smallest absolute Gasteiger partial charge is 0.0431 e. The van der Waals surface area contributed by atoms with E-state index >= 15 is 0 Å². The lowest BCUT2D eigenvalue weighted by Gasteiger charge is -2.32. The lowest BCUT2D eigenvalue weighted by atomic mass is 9.71. The van der Waals surface area contributed by atoms with Gasteiger partial charge in [-0.25, -0.2) is 0 Å². The topological polar surface area (TPSA) is 80.9 Å². The number of hydrogen-bond acceptors (Lipinski definition) is 4. The third kappa shape index (κ3) is 6.93. The number of hydrogen-bond donors (Lipinski definition) is 4. The Labute approximate surface area is 425 Å². The highest BCUT2D eigenvalue weighted by atomic mass is 16.3. The van der Waals surface area contributed by atoms with Gasteiger partial charge in [0.15, 0.2) is 0 Å². The van der Waals surface area contributed by atoms with Crippen LogP contribution in [-0.2, 0) is 21.7 Å². The fourth-order valence-electron chi connectivity index (χ4n) is 14.3. The van der Waals surface area contributed by atoms with Gasteiger partial charge in [0.25, 0.3) is 0 Å². The standard InChI is InChI=1S/C68H66O4/c1-65(2)59-37-43(17-23-51(59)53-25-19-45(39-61(53)65)47-21-27-55-49-13-5-7-15-57(49)67(29-9-33-69,30-10-34-70)63(55)41-47)44-18-24-52-54-26-20-46(40-62(54)66(3,4)60(52)38-44)48-22-28-56-50-14-6-8-16-58(50)68(31-11-35-71,32-12-36-72)64(56)42-48/h5-8,13-28,37-42,69-72H,9-12,29-36H2,1-4H3. The molecule has 0 fully saturated rings. The maximum absolute atomic E-state index is 10.0. The maximum atomic E-state index is 10.0. The van der Waals surface area contributed by atoms with E-state index < -0.39 is 0 Å². The van der Waals surface area contributed by atoms with Gasteiger partial charge in [-0.1, -0.05) is 149 Å². The molecule has 4 aliphatic carbocycles. The Balaban J connectivity index is 0.852. The van der Waals surface area contributed by atoms with Crippen LogP contribution in [0, 0.1) is 0 Å². The second-order valence-corrected chi connectivity index (χ2v) is 22.4. The molecular weight excluding hydrogens is 881 g/mol. The van der Waals surface area contributed by atoms with Crippen LogP contribution < -0.4 is 0 Å². The zero-order chi connectivity index (χ0) is 49.6. The molecule has 0 bridgehead atoms. The largest absolute Gasteiger partial charge is 0.396 e. The van der Waals surface area contributed by atoms with Gasteiger partial charge in [-0.3, -0.25) is 0 Å². The normalized spacial score (nSPS) is 16.1. The lowest BCUT2D eigenvalue weighted by Crippen LogP contribution is -2.26. The van der Waals surface area contributed by atoms with Crippen molar-refractivity contribution in [3.05, 3.63) is 202 Å². The Kier molecular flexibility index (Phi) is 11.5. The van der Waals surface area contributed by atoms with E-state index in [2.05, 4.69) is 185 Å². The summed E-state index contributed by atoms with van der Waals surface area (Å²) in [7, 11) is 0. The Hall–Kier alpha value is -6.40. The van der Waals surface area contributed by atoms with Gasteiger partial charge in [-0.2, -0.15) is 0 Å². The van der Waals surface area contributed by atoms with E-state index in [4.69, 9.17) is 0 Å². The third-order valence-corrected chi connectivity index (χ3v) is 17.9. The van der Waals surface area contributed by atoms with Crippen molar-refractivity contribution in [2.45, 2.75) is 101 Å². The summed E-state index contributed by atoms with van der Waals surface area (Å²) in [6.07, 6.45) is 6.22. The molecule has 0 radical (unpaired) electrons. The highest BCUT2D eigenvalue weighted by molar-refractivity contribution is 5.91. The molecule has 362 valence electrons. The molecule has 0 spiro atoms. The average Bonchev–Trinajstić information content (AvgIpc) is 4.02. The number of rotatable bonds is 15. The SMILES string of the molecule is CC1(C)c2cc(-c3ccc4c(c3)C(C)(C)c3cc(-c5ccc6c(c5)C(CCCO)(CCCO)c5ccccc5-6)ccc3-4)ccc2-c2ccc(-c3ccc4c(c3)C(CCCO)(CCCO)c3ccccc3-4)cc21. The van der Waals surface area contributed by atoms with Crippen molar-refractivity contribution in [3.8, 4) is 77.9 Å². The zero-order valence-corrected chi connectivity index (χ0v) is 42.3. The molecule has 0 saturated carbocycles.